The second-order valence-corrected chi connectivity index (χ2v) is 8.72. The lowest BCUT2D eigenvalue weighted by Crippen LogP contribution is -2.28. The van der Waals surface area contributed by atoms with Gasteiger partial charge < -0.3 is 15.2 Å². The Hall–Kier alpha value is -2.38. The molecular weight excluding hydrogens is 366 g/mol. The van der Waals surface area contributed by atoms with E-state index in [1.165, 1.54) is 0 Å². The number of benzene rings is 2. The normalized spacial score (nSPS) is 14.3. The number of hydrogen-bond acceptors (Lipinski definition) is 5. The largest absolute Gasteiger partial charge is 0.493 e. The van der Waals surface area contributed by atoms with E-state index in [-0.39, 0.29) is 23.8 Å². The van der Waals surface area contributed by atoms with Gasteiger partial charge in [0, 0.05) is 25.6 Å². The van der Waals surface area contributed by atoms with E-state index in [2.05, 4.69) is 5.32 Å². The number of amides is 1. The summed E-state index contributed by atoms with van der Waals surface area (Å²) >= 11 is 0. The smallest absolute Gasteiger partial charge is 0.220 e. The van der Waals surface area contributed by atoms with Crippen molar-refractivity contribution in [1.82, 2.24) is 5.32 Å². The van der Waals surface area contributed by atoms with Crippen LogP contribution in [0.15, 0.2) is 47.4 Å². The van der Waals surface area contributed by atoms with E-state index in [9.17, 15) is 18.3 Å². The van der Waals surface area contributed by atoms with Crippen molar-refractivity contribution in [3.63, 3.8) is 0 Å². The number of carbonyl (C=O) groups is 1. The first-order valence-corrected chi connectivity index (χ1v) is 10.7. The lowest BCUT2D eigenvalue weighted by Gasteiger charge is -2.13. The van der Waals surface area contributed by atoms with Crippen molar-refractivity contribution in [3.8, 4) is 5.75 Å². The summed E-state index contributed by atoms with van der Waals surface area (Å²) in [4.78, 5) is 12.3. The van der Waals surface area contributed by atoms with Crippen molar-refractivity contribution in [2.75, 3.05) is 19.4 Å². The number of sulfone groups is 1. The van der Waals surface area contributed by atoms with Gasteiger partial charge in [-0.3, -0.25) is 4.79 Å². The van der Waals surface area contributed by atoms with Crippen LogP contribution in [0.1, 0.15) is 29.2 Å². The molecule has 0 saturated carbocycles. The van der Waals surface area contributed by atoms with E-state index < -0.39 is 15.9 Å². The van der Waals surface area contributed by atoms with Gasteiger partial charge in [0.25, 0.3) is 0 Å². The van der Waals surface area contributed by atoms with Gasteiger partial charge >= 0.3 is 0 Å². The molecule has 0 aliphatic carbocycles. The van der Waals surface area contributed by atoms with Crippen LogP contribution in [0.5, 0.6) is 5.75 Å². The molecule has 0 spiro atoms. The summed E-state index contributed by atoms with van der Waals surface area (Å²) in [5, 5.41) is 13.0. The van der Waals surface area contributed by atoms with Gasteiger partial charge in [0.05, 0.1) is 17.6 Å². The first-order chi connectivity index (χ1) is 12.8. The molecule has 1 heterocycles. The van der Waals surface area contributed by atoms with Crippen LogP contribution in [0.4, 0.5) is 0 Å². The van der Waals surface area contributed by atoms with Gasteiger partial charge in [-0.1, -0.05) is 18.2 Å². The minimum Gasteiger partial charge on any atom is -0.493 e. The number of aliphatic hydroxyl groups excluding tert-OH is 1. The fourth-order valence-corrected chi connectivity index (χ4v) is 3.62. The van der Waals surface area contributed by atoms with Crippen LogP contribution in [0.2, 0.25) is 0 Å². The molecule has 2 aromatic rings. The van der Waals surface area contributed by atoms with Crippen LogP contribution >= 0.6 is 0 Å². The number of hydrogen-bond donors (Lipinski definition) is 2. The summed E-state index contributed by atoms with van der Waals surface area (Å²) in [5.74, 6) is 0.697. The van der Waals surface area contributed by atoms with Gasteiger partial charge in [-0.15, -0.1) is 0 Å². The third-order valence-electron chi connectivity index (χ3n) is 4.58. The second kappa shape index (κ2) is 8.10. The molecule has 0 radical (unpaired) electrons. The lowest BCUT2D eigenvalue weighted by molar-refractivity contribution is -0.121. The molecule has 2 aromatic carbocycles. The highest BCUT2D eigenvalue weighted by atomic mass is 32.2. The Kier molecular flexibility index (Phi) is 5.82. The molecule has 1 aliphatic rings. The van der Waals surface area contributed by atoms with Gasteiger partial charge in [0.15, 0.2) is 9.84 Å². The van der Waals surface area contributed by atoms with Crippen LogP contribution in [0.25, 0.3) is 0 Å². The molecule has 144 valence electrons. The van der Waals surface area contributed by atoms with Crippen molar-refractivity contribution in [1.29, 1.82) is 0 Å². The quantitative estimate of drug-likeness (QED) is 0.753. The number of nitrogens with one attached hydrogen (secondary N) is 1. The SMILES string of the molecule is CS(=O)(=O)c1ccc(CCC(=O)NCC(O)c2ccc3c(c2)CCO3)cc1. The number of fused-ring (bicyclic) bond motifs is 1. The first kappa shape index (κ1) is 19.4. The Morgan fingerprint density at radius 2 is 1.96 bits per heavy atom. The van der Waals surface area contributed by atoms with Crippen molar-refractivity contribution >= 4 is 15.7 Å². The van der Waals surface area contributed by atoms with Gasteiger partial charge in [0.1, 0.15) is 5.75 Å². The average molecular weight is 389 g/mol. The van der Waals surface area contributed by atoms with Crippen LogP contribution in [-0.2, 0) is 27.5 Å². The maximum absolute atomic E-state index is 12.0. The molecule has 0 saturated heterocycles. The van der Waals surface area contributed by atoms with Gasteiger partial charge in [-0.25, -0.2) is 8.42 Å². The van der Waals surface area contributed by atoms with Crippen molar-refractivity contribution in [3.05, 3.63) is 59.2 Å². The summed E-state index contributed by atoms with van der Waals surface area (Å²) in [6.07, 6.45) is 1.99. The average Bonchev–Trinajstić information content (AvgIpc) is 3.11. The van der Waals surface area contributed by atoms with Crippen LogP contribution in [0, 0.1) is 0 Å². The van der Waals surface area contributed by atoms with Crippen molar-refractivity contribution in [2.45, 2.75) is 30.3 Å². The Bertz CT molecular complexity index is 922. The summed E-state index contributed by atoms with van der Waals surface area (Å²) in [7, 11) is -3.21. The molecule has 0 fully saturated rings. The zero-order valence-electron chi connectivity index (χ0n) is 15.1. The van der Waals surface area contributed by atoms with E-state index in [0.29, 0.717) is 13.0 Å². The number of ether oxygens (including phenoxy) is 1. The highest BCUT2D eigenvalue weighted by molar-refractivity contribution is 7.90. The molecular formula is C20H23NO5S. The molecule has 7 heteroatoms. The predicted molar refractivity (Wildman–Crippen MR) is 101 cm³/mol. The molecule has 3 rings (SSSR count). The fraction of sp³-hybridized carbons (Fsp3) is 0.350. The zero-order valence-corrected chi connectivity index (χ0v) is 16.0. The number of aryl methyl sites for hydroxylation is 1. The predicted octanol–water partition coefficient (Wildman–Crippen LogP) is 1.81. The molecule has 27 heavy (non-hydrogen) atoms. The Morgan fingerprint density at radius 3 is 2.67 bits per heavy atom. The first-order valence-electron chi connectivity index (χ1n) is 8.82. The highest BCUT2D eigenvalue weighted by Gasteiger charge is 2.16. The molecule has 1 aliphatic heterocycles. The third-order valence-corrected chi connectivity index (χ3v) is 5.71. The van der Waals surface area contributed by atoms with Crippen molar-refractivity contribution in [2.24, 2.45) is 0 Å². The fourth-order valence-electron chi connectivity index (χ4n) is 2.99. The standard InChI is InChI=1S/C20H23NO5S/c1-27(24,25)17-6-2-14(3-7-17)4-9-20(23)21-13-18(22)15-5-8-19-16(12-15)10-11-26-19/h2-3,5-8,12,18,22H,4,9-11,13H2,1H3,(H,21,23). The van der Waals surface area contributed by atoms with Crippen LogP contribution in [0.3, 0.4) is 0 Å². The van der Waals surface area contributed by atoms with E-state index in [1.54, 1.807) is 24.3 Å². The van der Waals surface area contributed by atoms with Gasteiger partial charge in [-0.2, -0.15) is 0 Å². The molecule has 1 amide bonds. The minimum atomic E-state index is -3.21. The third kappa shape index (κ3) is 5.08. The summed E-state index contributed by atoms with van der Waals surface area (Å²) < 4.78 is 28.3. The summed E-state index contributed by atoms with van der Waals surface area (Å²) in [6.45, 7) is 0.808. The van der Waals surface area contributed by atoms with E-state index in [4.69, 9.17) is 4.74 Å². The number of rotatable bonds is 7. The Balaban J connectivity index is 1.47. The van der Waals surface area contributed by atoms with Crippen LogP contribution in [-0.4, -0.2) is 38.8 Å². The van der Waals surface area contributed by atoms with E-state index in [0.717, 1.165) is 35.1 Å². The molecule has 0 aromatic heterocycles. The van der Waals surface area contributed by atoms with Gasteiger partial charge in [-0.05, 0) is 47.4 Å². The Labute approximate surface area is 159 Å². The summed E-state index contributed by atoms with van der Waals surface area (Å²) in [5.41, 5.74) is 2.73. The molecule has 1 atom stereocenters. The number of carbonyl (C=O) groups excluding carboxylic acids is 1. The molecule has 0 bridgehead atoms. The van der Waals surface area contributed by atoms with Gasteiger partial charge in [0.2, 0.25) is 5.91 Å². The maximum Gasteiger partial charge on any atom is 0.220 e. The minimum absolute atomic E-state index is 0.144. The van der Waals surface area contributed by atoms with Crippen LogP contribution < -0.4 is 10.1 Å². The maximum atomic E-state index is 12.0. The Morgan fingerprint density at radius 1 is 1.22 bits per heavy atom. The molecule has 2 N–H and O–H groups in total. The topological polar surface area (TPSA) is 92.7 Å². The highest BCUT2D eigenvalue weighted by Crippen LogP contribution is 2.28. The molecule has 1 unspecified atom stereocenters. The van der Waals surface area contributed by atoms with Crippen molar-refractivity contribution < 1.29 is 23.1 Å². The lowest BCUT2D eigenvalue weighted by atomic mass is 10.0. The monoisotopic (exact) mass is 389 g/mol. The summed E-state index contributed by atoms with van der Waals surface area (Å²) in [6, 6.07) is 12.1. The van der Waals surface area contributed by atoms with E-state index in [1.807, 2.05) is 18.2 Å². The number of aliphatic hydroxyl groups is 1. The zero-order chi connectivity index (χ0) is 19.4. The second-order valence-electron chi connectivity index (χ2n) is 6.70. The van der Waals surface area contributed by atoms with E-state index >= 15 is 0 Å². The molecule has 6 nitrogen and oxygen atoms in total.